The average molecular weight is 357 g/mol. The van der Waals surface area contributed by atoms with Crippen LogP contribution < -0.4 is 9.44 Å². The van der Waals surface area contributed by atoms with Gasteiger partial charge in [-0.05, 0) is 24.1 Å². The highest BCUT2D eigenvalue weighted by Gasteiger charge is 2.20. The van der Waals surface area contributed by atoms with Crippen LogP contribution in [-0.2, 0) is 10.2 Å². The van der Waals surface area contributed by atoms with Crippen LogP contribution in [0.2, 0.25) is 0 Å². The molecule has 0 aliphatic heterocycles. The van der Waals surface area contributed by atoms with Crippen LogP contribution in [-0.4, -0.2) is 26.5 Å². The van der Waals surface area contributed by atoms with Gasteiger partial charge < -0.3 is 4.98 Å². The summed E-state index contributed by atoms with van der Waals surface area (Å²) in [6.45, 7) is 4.45. The normalized spacial score (nSPS) is 13.2. The third-order valence-electron chi connectivity index (χ3n) is 4.25. The molecule has 1 aromatic heterocycles. The lowest BCUT2D eigenvalue weighted by molar-refractivity contribution is 0.565. The Hall–Kier alpha value is -2.15. The number of aryl methyl sites for hydroxylation is 1. The minimum absolute atomic E-state index is 0.0792. The third kappa shape index (κ3) is 4.10. The van der Waals surface area contributed by atoms with Crippen LogP contribution >= 0.6 is 0 Å². The second-order valence-electron chi connectivity index (χ2n) is 6.11. The van der Waals surface area contributed by atoms with Crippen molar-refractivity contribution in [2.24, 2.45) is 0 Å². The maximum Gasteiger partial charge on any atom is 0.276 e. The molecule has 6 heteroatoms. The van der Waals surface area contributed by atoms with Crippen LogP contribution in [0.1, 0.15) is 29.5 Å². The topological polar surface area (TPSA) is 74.0 Å². The SMILES string of the molecule is CCNS(=O)(=O)NCC(c1cccc(C)c1)c1c[nH]c2ccccc12. The Labute approximate surface area is 148 Å². The highest BCUT2D eigenvalue weighted by Crippen LogP contribution is 2.31. The second-order valence-corrected chi connectivity index (χ2v) is 7.69. The lowest BCUT2D eigenvalue weighted by Crippen LogP contribution is -2.38. The molecule has 0 radical (unpaired) electrons. The van der Waals surface area contributed by atoms with E-state index in [0.29, 0.717) is 13.1 Å². The van der Waals surface area contributed by atoms with Crippen LogP contribution in [0.3, 0.4) is 0 Å². The molecule has 0 saturated carbocycles. The number of H-pyrrole nitrogens is 1. The molecule has 0 saturated heterocycles. The molecule has 0 amide bonds. The molecule has 0 aliphatic rings. The van der Waals surface area contributed by atoms with Crippen LogP contribution in [0, 0.1) is 6.92 Å². The van der Waals surface area contributed by atoms with Gasteiger partial charge in [0.15, 0.2) is 0 Å². The quantitative estimate of drug-likeness (QED) is 0.608. The van der Waals surface area contributed by atoms with E-state index in [0.717, 1.165) is 27.6 Å². The van der Waals surface area contributed by atoms with Crippen molar-refractivity contribution in [2.45, 2.75) is 19.8 Å². The molecule has 1 atom stereocenters. The molecule has 0 spiro atoms. The Bertz CT molecular complexity index is 963. The van der Waals surface area contributed by atoms with Gasteiger partial charge in [-0.2, -0.15) is 8.42 Å². The number of hydrogen-bond donors (Lipinski definition) is 3. The minimum Gasteiger partial charge on any atom is -0.361 e. The molecule has 132 valence electrons. The number of benzene rings is 2. The molecule has 25 heavy (non-hydrogen) atoms. The van der Waals surface area contributed by atoms with E-state index in [2.05, 4.69) is 26.6 Å². The summed E-state index contributed by atoms with van der Waals surface area (Å²) in [6, 6.07) is 16.3. The van der Waals surface area contributed by atoms with E-state index in [1.54, 1.807) is 6.92 Å². The second kappa shape index (κ2) is 7.39. The maximum absolute atomic E-state index is 12.0. The standard InChI is InChI=1S/C19H23N3O2S/c1-3-21-25(23,24)22-13-17(15-8-6-7-14(2)11-15)18-12-20-19-10-5-4-9-16(18)19/h4-12,17,20-22H,3,13H2,1-2H3. The molecule has 2 aromatic carbocycles. The Morgan fingerprint density at radius 2 is 1.88 bits per heavy atom. The predicted molar refractivity (Wildman–Crippen MR) is 102 cm³/mol. The number of hydrogen-bond acceptors (Lipinski definition) is 2. The lowest BCUT2D eigenvalue weighted by Gasteiger charge is -2.19. The van der Waals surface area contributed by atoms with Gasteiger partial charge in [-0.1, -0.05) is 55.0 Å². The summed E-state index contributed by atoms with van der Waals surface area (Å²) in [5.74, 6) is -0.0792. The van der Waals surface area contributed by atoms with E-state index in [-0.39, 0.29) is 5.92 Å². The first-order valence-electron chi connectivity index (χ1n) is 8.37. The summed E-state index contributed by atoms with van der Waals surface area (Å²) in [4.78, 5) is 3.28. The maximum atomic E-state index is 12.0. The number of aromatic nitrogens is 1. The molecule has 0 bridgehead atoms. The molecule has 0 aliphatic carbocycles. The van der Waals surface area contributed by atoms with Gasteiger partial charge in [0, 0.05) is 36.1 Å². The van der Waals surface area contributed by atoms with Crippen molar-refractivity contribution < 1.29 is 8.42 Å². The zero-order valence-electron chi connectivity index (χ0n) is 14.4. The average Bonchev–Trinajstić information content (AvgIpc) is 2.99. The van der Waals surface area contributed by atoms with Crippen molar-refractivity contribution in [2.75, 3.05) is 13.1 Å². The summed E-state index contributed by atoms with van der Waals surface area (Å²) < 4.78 is 29.2. The summed E-state index contributed by atoms with van der Waals surface area (Å²) in [7, 11) is -3.50. The van der Waals surface area contributed by atoms with Gasteiger partial charge in [0.2, 0.25) is 0 Å². The predicted octanol–water partition coefficient (Wildman–Crippen LogP) is 3.05. The fourth-order valence-corrected chi connectivity index (χ4v) is 3.98. The molecule has 5 nitrogen and oxygen atoms in total. The first-order valence-corrected chi connectivity index (χ1v) is 9.85. The van der Waals surface area contributed by atoms with Gasteiger partial charge >= 0.3 is 0 Å². The van der Waals surface area contributed by atoms with Crippen molar-refractivity contribution >= 4 is 21.1 Å². The van der Waals surface area contributed by atoms with Gasteiger partial charge in [0.25, 0.3) is 10.2 Å². The molecular weight excluding hydrogens is 334 g/mol. The number of nitrogens with one attached hydrogen (secondary N) is 3. The number of rotatable bonds is 7. The smallest absolute Gasteiger partial charge is 0.276 e. The van der Waals surface area contributed by atoms with Gasteiger partial charge in [-0.15, -0.1) is 0 Å². The molecule has 3 aromatic rings. The summed E-state index contributed by atoms with van der Waals surface area (Å²) in [5, 5.41) is 1.11. The molecular formula is C19H23N3O2S. The molecule has 1 heterocycles. The Kier molecular flexibility index (Phi) is 5.22. The monoisotopic (exact) mass is 357 g/mol. The van der Waals surface area contributed by atoms with Gasteiger partial charge in [0.1, 0.15) is 0 Å². The van der Waals surface area contributed by atoms with Crippen LogP contribution in [0.15, 0.2) is 54.7 Å². The van der Waals surface area contributed by atoms with Gasteiger partial charge in [0.05, 0.1) is 0 Å². The van der Waals surface area contributed by atoms with E-state index in [1.807, 2.05) is 49.5 Å². The molecule has 0 fully saturated rings. The summed E-state index contributed by atoms with van der Waals surface area (Å²) in [5.41, 5.74) is 4.37. The molecule has 1 unspecified atom stereocenters. The highest BCUT2D eigenvalue weighted by molar-refractivity contribution is 7.87. The number of fused-ring (bicyclic) bond motifs is 1. The van der Waals surface area contributed by atoms with Crippen LogP contribution in [0.4, 0.5) is 0 Å². The minimum atomic E-state index is -3.50. The van der Waals surface area contributed by atoms with Gasteiger partial charge in [-0.3, -0.25) is 0 Å². The van der Waals surface area contributed by atoms with Crippen molar-refractivity contribution in [3.63, 3.8) is 0 Å². The zero-order valence-corrected chi connectivity index (χ0v) is 15.2. The largest absolute Gasteiger partial charge is 0.361 e. The van der Waals surface area contributed by atoms with Crippen molar-refractivity contribution in [3.05, 3.63) is 71.4 Å². The van der Waals surface area contributed by atoms with Crippen LogP contribution in [0.25, 0.3) is 10.9 Å². The highest BCUT2D eigenvalue weighted by atomic mass is 32.2. The Morgan fingerprint density at radius 1 is 1.08 bits per heavy atom. The third-order valence-corrected chi connectivity index (χ3v) is 5.47. The van der Waals surface area contributed by atoms with E-state index in [9.17, 15) is 8.42 Å². The molecule has 3 N–H and O–H groups in total. The van der Waals surface area contributed by atoms with E-state index < -0.39 is 10.2 Å². The first-order chi connectivity index (χ1) is 12.0. The Balaban J connectivity index is 2.00. The van der Waals surface area contributed by atoms with Crippen molar-refractivity contribution in [1.82, 2.24) is 14.4 Å². The van der Waals surface area contributed by atoms with E-state index >= 15 is 0 Å². The fourth-order valence-electron chi connectivity index (χ4n) is 3.11. The number of para-hydroxylation sites is 1. The fraction of sp³-hybridized carbons (Fsp3) is 0.263. The Morgan fingerprint density at radius 3 is 2.64 bits per heavy atom. The summed E-state index contributed by atoms with van der Waals surface area (Å²) >= 11 is 0. The zero-order chi connectivity index (χ0) is 17.9. The lowest BCUT2D eigenvalue weighted by atomic mass is 9.90. The van der Waals surface area contributed by atoms with E-state index in [4.69, 9.17) is 0 Å². The first kappa shape index (κ1) is 17.7. The number of aromatic amines is 1. The van der Waals surface area contributed by atoms with E-state index in [1.165, 1.54) is 0 Å². The van der Waals surface area contributed by atoms with Crippen molar-refractivity contribution in [1.29, 1.82) is 0 Å². The molecule has 3 rings (SSSR count). The summed E-state index contributed by atoms with van der Waals surface area (Å²) in [6.07, 6.45) is 1.97. The van der Waals surface area contributed by atoms with Crippen LogP contribution in [0.5, 0.6) is 0 Å². The van der Waals surface area contributed by atoms with Gasteiger partial charge in [-0.25, -0.2) is 9.44 Å². The van der Waals surface area contributed by atoms with Crippen molar-refractivity contribution in [3.8, 4) is 0 Å².